The van der Waals surface area contributed by atoms with Gasteiger partial charge in [-0.05, 0) is 18.3 Å². The smallest absolute Gasteiger partial charge is 0.341 e. The normalized spacial score (nSPS) is 23.9. The molecule has 1 fully saturated rings. The fraction of sp³-hybridized carbons (Fsp3) is 0.917. The summed E-state index contributed by atoms with van der Waals surface area (Å²) in [6.07, 6.45) is -3.75. The van der Waals surface area contributed by atoms with Gasteiger partial charge in [0.05, 0.1) is 12.0 Å². The average Bonchev–Trinajstić information content (AvgIpc) is 2.25. The summed E-state index contributed by atoms with van der Waals surface area (Å²) >= 11 is 0. The van der Waals surface area contributed by atoms with Crippen molar-refractivity contribution < 1.29 is 18.0 Å². The van der Waals surface area contributed by atoms with Crippen molar-refractivity contribution in [2.45, 2.75) is 45.8 Å². The van der Waals surface area contributed by atoms with Crippen LogP contribution in [0.4, 0.5) is 13.2 Å². The third kappa shape index (κ3) is 3.60. The van der Waals surface area contributed by atoms with E-state index in [2.05, 4.69) is 0 Å². The maximum atomic E-state index is 12.6. The van der Waals surface area contributed by atoms with Crippen LogP contribution in [0.2, 0.25) is 0 Å². The molecule has 0 aromatic carbocycles. The van der Waals surface area contributed by atoms with Crippen LogP contribution >= 0.6 is 0 Å². The quantitative estimate of drug-likeness (QED) is 0.790. The molecular weight excluding hydrogens is 245 g/mol. The Morgan fingerprint density at radius 3 is 2.33 bits per heavy atom. The number of amides is 1. The number of piperidine rings is 1. The Bertz CT molecular complexity index is 309. The molecule has 0 aliphatic carbocycles. The number of rotatable bonds is 1. The van der Waals surface area contributed by atoms with Gasteiger partial charge in [-0.15, -0.1) is 0 Å². The minimum atomic E-state index is -4.23. The number of nitrogens with two attached hydrogens (primary N) is 1. The van der Waals surface area contributed by atoms with Gasteiger partial charge in [-0.1, -0.05) is 20.8 Å². The lowest BCUT2D eigenvalue weighted by Gasteiger charge is -2.37. The van der Waals surface area contributed by atoms with E-state index in [4.69, 9.17) is 5.73 Å². The van der Waals surface area contributed by atoms with Crippen LogP contribution in [0.15, 0.2) is 0 Å². The van der Waals surface area contributed by atoms with Gasteiger partial charge in [0.15, 0.2) is 0 Å². The van der Waals surface area contributed by atoms with E-state index in [1.54, 1.807) is 20.8 Å². The van der Waals surface area contributed by atoms with Crippen molar-refractivity contribution in [1.29, 1.82) is 0 Å². The third-order valence-electron chi connectivity index (χ3n) is 3.40. The molecule has 0 bridgehead atoms. The molecule has 0 saturated carbocycles. The van der Waals surface area contributed by atoms with Gasteiger partial charge < -0.3 is 10.6 Å². The van der Waals surface area contributed by atoms with Gasteiger partial charge in [-0.3, -0.25) is 4.79 Å². The van der Waals surface area contributed by atoms with Crippen molar-refractivity contribution in [3.8, 4) is 0 Å². The van der Waals surface area contributed by atoms with Gasteiger partial charge >= 0.3 is 6.18 Å². The van der Waals surface area contributed by atoms with Gasteiger partial charge in [0.2, 0.25) is 5.91 Å². The molecule has 1 unspecified atom stereocenters. The molecule has 1 aliphatic heterocycles. The maximum absolute atomic E-state index is 12.6. The number of hydrogen-bond donors (Lipinski definition) is 1. The Kier molecular flexibility index (Phi) is 4.30. The largest absolute Gasteiger partial charge is 0.393 e. The summed E-state index contributed by atoms with van der Waals surface area (Å²) in [6, 6.07) is -0.760. The first-order valence-electron chi connectivity index (χ1n) is 6.14. The van der Waals surface area contributed by atoms with Gasteiger partial charge in [-0.2, -0.15) is 13.2 Å². The topological polar surface area (TPSA) is 46.3 Å². The van der Waals surface area contributed by atoms with Crippen LogP contribution in [0.25, 0.3) is 0 Å². The van der Waals surface area contributed by atoms with Crippen LogP contribution in [-0.2, 0) is 4.79 Å². The minimum Gasteiger partial charge on any atom is -0.341 e. The fourth-order valence-electron chi connectivity index (χ4n) is 2.01. The van der Waals surface area contributed by atoms with Crippen molar-refractivity contribution in [1.82, 2.24) is 4.90 Å². The van der Waals surface area contributed by atoms with Crippen molar-refractivity contribution in [3.05, 3.63) is 0 Å². The Hall–Kier alpha value is -0.780. The molecule has 2 atom stereocenters. The lowest BCUT2D eigenvalue weighted by atomic mass is 9.85. The van der Waals surface area contributed by atoms with Crippen LogP contribution in [0.5, 0.6) is 0 Å². The van der Waals surface area contributed by atoms with Gasteiger partial charge in [-0.25, -0.2) is 0 Å². The van der Waals surface area contributed by atoms with Crippen molar-refractivity contribution in [2.24, 2.45) is 17.1 Å². The molecule has 0 radical (unpaired) electrons. The lowest BCUT2D eigenvalue weighted by Crippen LogP contribution is -2.54. The van der Waals surface area contributed by atoms with E-state index < -0.39 is 23.6 Å². The SMILES string of the molecule is CC(C)(C)[C@H](N)C(=O)N1CCCC(C(F)(F)F)C1. The third-order valence-corrected chi connectivity index (χ3v) is 3.40. The highest BCUT2D eigenvalue weighted by molar-refractivity contribution is 5.82. The van der Waals surface area contributed by atoms with Gasteiger partial charge in [0.1, 0.15) is 0 Å². The van der Waals surface area contributed by atoms with Crippen LogP contribution in [0, 0.1) is 11.3 Å². The molecule has 3 nitrogen and oxygen atoms in total. The average molecular weight is 266 g/mol. The summed E-state index contributed by atoms with van der Waals surface area (Å²) in [5, 5.41) is 0. The Morgan fingerprint density at radius 1 is 1.33 bits per heavy atom. The molecule has 106 valence electrons. The van der Waals surface area contributed by atoms with E-state index in [9.17, 15) is 18.0 Å². The number of carbonyl (C=O) groups is 1. The molecular formula is C12H21F3N2O. The van der Waals surface area contributed by atoms with Crippen molar-refractivity contribution in [3.63, 3.8) is 0 Å². The highest BCUT2D eigenvalue weighted by atomic mass is 19.4. The molecule has 0 spiro atoms. The van der Waals surface area contributed by atoms with Gasteiger partial charge in [0.25, 0.3) is 0 Å². The fourth-order valence-corrected chi connectivity index (χ4v) is 2.01. The lowest BCUT2D eigenvalue weighted by molar-refractivity contribution is -0.188. The van der Waals surface area contributed by atoms with E-state index in [1.165, 1.54) is 4.90 Å². The van der Waals surface area contributed by atoms with Crippen LogP contribution in [0.1, 0.15) is 33.6 Å². The van der Waals surface area contributed by atoms with Crippen LogP contribution in [-0.4, -0.2) is 36.1 Å². The molecule has 2 N–H and O–H groups in total. The predicted octanol–water partition coefficient (Wildman–Crippen LogP) is 2.16. The second-order valence-corrected chi connectivity index (χ2v) is 6.01. The minimum absolute atomic E-state index is 0.0953. The van der Waals surface area contributed by atoms with Gasteiger partial charge in [0, 0.05) is 13.1 Å². The van der Waals surface area contributed by atoms with E-state index in [1.807, 2.05) is 0 Å². The summed E-state index contributed by atoms with van der Waals surface area (Å²) in [6.45, 7) is 5.53. The standard InChI is InChI=1S/C12H21F3N2O/c1-11(2,3)9(16)10(18)17-6-4-5-8(7-17)12(13,14)15/h8-9H,4-7,16H2,1-3H3/t8?,9-/m1/s1. The van der Waals surface area contributed by atoms with E-state index in [-0.39, 0.29) is 18.9 Å². The molecule has 1 heterocycles. The zero-order valence-electron chi connectivity index (χ0n) is 11.0. The number of halogens is 3. The Labute approximate surface area is 106 Å². The molecule has 1 saturated heterocycles. The molecule has 18 heavy (non-hydrogen) atoms. The predicted molar refractivity (Wildman–Crippen MR) is 62.8 cm³/mol. The highest BCUT2D eigenvalue weighted by Gasteiger charge is 2.43. The van der Waals surface area contributed by atoms with E-state index >= 15 is 0 Å². The summed E-state index contributed by atoms with van der Waals surface area (Å²) < 4.78 is 37.9. The summed E-state index contributed by atoms with van der Waals surface area (Å²) in [5.41, 5.74) is 5.36. The van der Waals surface area contributed by atoms with Crippen LogP contribution < -0.4 is 5.73 Å². The molecule has 0 aromatic rings. The number of likely N-dealkylation sites (tertiary alicyclic amines) is 1. The van der Waals surface area contributed by atoms with Crippen molar-refractivity contribution >= 4 is 5.91 Å². The first-order valence-corrected chi connectivity index (χ1v) is 6.14. The zero-order chi connectivity index (χ0) is 14.1. The maximum Gasteiger partial charge on any atom is 0.393 e. The molecule has 1 aliphatic rings. The number of nitrogens with zero attached hydrogens (tertiary/aromatic N) is 1. The van der Waals surface area contributed by atoms with E-state index in [0.29, 0.717) is 13.0 Å². The second kappa shape index (κ2) is 5.07. The zero-order valence-corrected chi connectivity index (χ0v) is 11.0. The highest BCUT2D eigenvalue weighted by Crippen LogP contribution is 2.33. The molecule has 1 amide bonds. The Balaban J connectivity index is 2.70. The second-order valence-electron chi connectivity index (χ2n) is 6.01. The van der Waals surface area contributed by atoms with E-state index in [0.717, 1.165) is 0 Å². The molecule has 6 heteroatoms. The molecule has 1 rings (SSSR count). The molecule has 0 aromatic heterocycles. The van der Waals surface area contributed by atoms with Crippen molar-refractivity contribution in [2.75, 3.05) is 13.1 Å². The number of carbonyl (C=O) groups excluding carboxylic acids is 1. The Morgan fingerprint density at radius 2 is 1.89 bits per heavy atom. The van der Waals surface area contributed by atoms with Crippen LogP contribution in [0.3, 0.4) is 0 Å². The number of hydrogen-bond acceptors (Lipinski definition) is 2. The monoisotopic (exact) mass is 266 g/mol. The first-order chi connectivity index (χ1) is 8.03. The first kappa shape index (κ1) is 15.3. The summed E-state index contributed by atoms with van der Waals surface area (Å²) in [7, 11) is 0. The summed E-state index contributed by atoms with van der Waals surface area (Å²) in [4.78, 5) is 13.3. The summed E-state index contributed by atoms with van der Waals surface area (Å²) in [5.74, 6) is -1.79. The number of alkyl halides is 3.